The number of sulfonamides is 1. The van der Waals surface area contributed by atoms with Crippen molar-refractivity contribution in [2.45, 2.75) is 11.3 Å². The first-order valence-electron chi connectivity index (χ1n) is 5.85. The van der Waals surface area contributed by atoms with Gasteiger partial charge in [-0.25, -0.2) is 17.7 Å². The van der Waals surface area contributed by atoms with Gasteiger partial charge in [0.15, 0.2) is 5.13 Å². The number of pyridine rings is 1. The lowest BCUT2D eigenvalue weighted by Gasteiger charge is -2.15. The van der Waals surface area contributed by atoms with Crippen molar-refractivity contribution in [2.24, 2.45) is 0 Å². The Morgan fingerprint density at radius 2 is 2.24 bits per heavy atom. The topological polar surface area (TPSA) is 89.5 Å². The monoisotopic (exact) mass is 327 g/mol. The number of thiazole rings is 1. The van der Waals surface area contributed by atoms with E-state index in [-0.39, 0.29) is 16.4 Å². The van der Waals surface area contributed by atoms with Crippen LogP contribution in [-0.2, 0) is 26.0 Å². The normalized spacial score (nSPS) is 11.1. The zero-order valence-electron chi connectivity index (χ0n) is 11.4. The maximum atomic E-state index is 12.4. The van der Waals surface area contributed by atoms with Gasteiger partial charge in [-0.15, -0.1) is 11.3 Å². The van der Waals surface area contributed by atoms with Crippen LogP contribution in [0.1, 0.15) is 5.69 Å². The predicted molar refractivity (Wildman–Crippen MR) is 77.7 cm³/mol. The van der Waals surface area contributed by atoms with Gasteiger partial charge in [-0.05, 0) is 12.1 Å². The van der Waals surface area contributed by atoms with Crippen LogP contribution in [0.4, 0.5) is 5.13 Å². The highest BCUT2D eigenvalue weighted by atomic mass is 32.2. The number of anilines is 1. The fourth-order valence-corrected chi connectivity index (χ4v) is 3.63. The first-order chi connectivity index (χ1) is 9.95. The summed E-state index contributed by atoms with van der Waals surface area (Å²) >= 11 is 1.14. The fourth-order valence-electron chi connectivity index (χ4n) is 1.50. The summed E-state index contributed by atoms with van der Waals surface area (Å²) in [6, 6.07) is 3.01. The second-order valence-electron chi connectivity index (χ2n) is 4.04. The molecule has 21 heavy (non-hydrogen) atoms. The summed E-state index contributed by atoms with van der Waals surface area (Å²) in [4.78, 5) is 19.2. The van der Waals surface area contributed by atoms with E-state index in [4.69, 9.17) is 0 Å². The quantitative estimate of drug-likeness (QED) is 0.763. The minimum absolute atomic E-state index is 0.00772. The molecule has 0 atom stereocenters. The molecular formula is C12H13N3O4S2. The van der Waals surface area contributed by atoms with E-state index < -0.39 is 16.0 Å². The summed E-state index contributed by atoms with van der Waals surface area (Å²) in [7, 11) is -1.02. The Hall–Kier alpha value is -2.00. The van der Waals surface area contributed by atoms with E-state index in [2.05, 4.69) is 14.7 Å². The van der Waals surface area contributed by atoms with Crippen LogP contribution in [0, 0.1) is 0 Å². The number of esters is 1. The van der Waals surface area contributed by atoms with E-state index in [1.165, 1.54) is 32.6 Å². The smallest absolute Gasteiger partial charge is 0.311 e. The Labute approximate surface area is 126 Å². The molecule has 9 heteroatoms. The molecule has 2 aromatic rings. The van der Waals surface area contributed by atoms with Crippen LogP contribution in [0.2, 0.25) is 0 Å². The van der Waals surface area contributed by atoms with Gasteiger partial charge in [0, 0.05) is 24.8 Å². The molecule has 0 unspecified atom stereocenters. The lowest BCUT2D eigenvalue weighted by molar-refractivity contribution is -0.139. The number of aromatic nitrogens is 2. The van der Waals surface area contributed by atoms with Crippen molar-refractivity contribution in [3.8, 4) is 0 Å². The van der Waals surface area contributed by atoms with Gasteiger partial charge in [-0.1, -0.05) is 0 Å². The number of ether oxygens (including phenoxy) is 1. The van der Waals surface area contributed by atoms with Crippen LogP contribution >= 0.6 is 11.3 Å². The molecule has 0 saturated carbocycles. The number of carbonyl (C=O) groups is 1. The second kappa shape index (κ2) is 6.19. The molecule has 0 radical (unpaired) electrons. The number of hydrogen-bond donors (Lipinski definition) is 0. The number of methoxy groups -OCH3 is 1. The first-order valence-corrected chi connectivity index (χ1v) is 8.17. The first kappa shape index (κ1) is 15.4. The third kappa shape index (κ3) is 3.37. The SMILES string of the molecule is COC(=O)Cc1csc(N(C)S(=O)(=O)c2cccnc2)n1. The summed E-state index contributed by atoms with van der Waals surface area (Å²) < 4.78 is 30.4. The average Bonchev–Trinajstić information content (AvgIpc) is 2.95. The Morgan fingerprint density at radius 1 is 1.48 bits per heavy atom. The zero-order valence-corrected chi connectivity index (χ0v) is 13.0. The molecule has 112 valence electrons. The van der Waals surface area contributed by atoms with Gasteiger partial charge < -0.3 is 4.74 Å². The van der Waals surface area contributed by atoms with E-state index in [1.807, 2.05) is 0 Å². The second-order valence-corrected chi connectivity index (χ2v) is 6.84. The number of hydrogen-bond acceptors (Lipinski definition) is 7. The molecular weight excluding hydrogens is 314 g/mol. The summed E-state index contributed by atoms with van der Waals surface area (Å²) in [5, 5.41) is 1.90. The predicted octanol–water partition coefficient (Wildman–Crippen LogP) is 1.08. The molecule has 2 heterocycles. The van der Waals surface area contributed by atoms with Gasteiger partial charge in [0.1, 0.15) is 4.90 Å². The molecule has 0 spiro atoms. The van der Waals surface area contributed by atoms with Crippen molar-refractivity contribution >= 4 is 32.5 Å². The number of nitrogens with zero attached hydrogens (tertiary/aromatic N) is 3. The van der Waals surface area contributed by atoms with Crippen molar-refractivity contribution in [3.05, 3.63) is 35.6 Å². The molecule has 0 N–H and O–H groups in total. The van der Waals surface area contributed by atoms with Gasteiger partial charge in [-0.3, -0.25) is 9.78 Å². The molecule has 0 aliphatic rings. The Bertz CT molecular complexity index is 728. The van der Waals surface area contributed by atoms with Gasteiger partial charge in [0.05, 0.1) is 19.2 Å². The molecule has 0 aliphatic heterocycles. The Morgan fingerprint density at radius 3 is 2.86 bits per heavy atom. The van der Waals surface area contributed by atoms with Gasteiger partial charge in [-0.2, -0.15) is 0 Å². The minimum Gasteiger partial charge on any atom is -0.469 e. The maximum Gasteiger partial charge on any atom is 0.311 e. The van der Waals surface area contributed by atoms with Gasteiger partial charge >= 0.3 is 5.97 Å². The summed E-state index contributed by atoms with van der Waals surface area (Å²) in [5.41, 5.74) is 0.468. The van der Waals surface area contributed by atoms with E-state index in [0.717, 1.165) is 15.6 Å². The average molecular weight is 327 g/mol. The molecule has 0 amide bonds. The van der Waals surface area contributed by atoms with E-state index in [1.54, 1.807) is 11.4 Å². The van der Waals surface area contributed by atoms with Crippen LogP contribution in [0.5, 0.6) is 0 Å². The van der Waals surface area contributed by atoms with Crippen LogP contribution in [-0.4, -0.2) is 38.5 Å². The molecule has 7 nitrogen and oxygen atoms in total. The van der Waals surface area contributed by atoms with E-state index in [9.17, 15) is 13.2 Å². The van der Waals surface area contributed by atoms with Crippen LogP contribution in [0.25, 0.3) is 0 Å². The van der Waals surface area contributed by atoms with Crippen molar-refractivity contribution in [1.29, 1.82) is 0 Å². The number of carbonyl (C=O) groups excluding carboxylic acids is 1. The van der Waals surface area contributed by atoms with Gasteiger partial charge in [0.25, 0.3) is 10.0 Å². The largest absolute Gasteiger partial charge is 0.469 e. The van der Waals surface area contributed by atoms with E-state index >= 15 is 0 Å². The lowest BCUT2D eigenvalue weighted by Crippen LogP contribution is -2.26. The third-order valence-corrected chi connectivity index (χ3v) is 5.47. The van der Waals surface area contributed by atoms with E-state index in [0.29, 0.717) is 5.69 Å². The summed E-state index contributed by atoms with van der Waals surface area (Å²) in [5.74, 6) is -0.426. The van der Waals surface area contributed by atoms with Crippen molar-refractivity contribution in [1.82, 2.24) is 9.97 Å². The zero-order chi connectivity index (χ0) is 15.5. The lowest BCUT2D eigenvalue weighted by atomic mass is 10.3. The summed E-state index contributed by atoms with van der Waals surface area (Å²) in [6.07, 6.45) is 2.78. The molecule has 0 aromatic carbocycles. The standard InChI is InChI=1S/C12H13N3O4S2/c1-15(21(17,18)10-4-3-5-13-7-10)12-14-9(8-20-12)6-11(16)19-2/h3-5,7-8H,6H2,1-2H3. The highest BCUT2D eigenvalue weighted by Gasteiger charge is 2.24. The maximum absolute atomic E-state index is 12.4. The van der Waals surface area contributed by atoms with Crippen LogP contribution in [0.15, 0.2) is 34.8 Å². The highest BCUT2D eigenvalue weighted by Crippen LogP contribution is 2.25. The molecule has 2 rings (SSSR count). The number of rotatable bonds is 5. The van der Waals surface area contributed by atoms with Crippen LogP contribution in [0.3, 0.4) is 0 Å². The fraction of sp³-hybridized carbons (Fsp3) is 0.250. The Kier molecular flexibility index (Phi) is 4.53. The third-order valence-electron chi connectivity index (χ3n) is 2.65. The van der Waals surface area contributed by atoms with Crippen LogP contribution < -0.4 is 4.31 Å². The minimum atomic E-state index is -3.71. The molecule has 0 bridgehead atoms. The summed E-state index contributed by atoms with van der Waals surface area (Å²) in [6.45, 7) is 0. The van der Waals surface area contributed by atoms with Crippen molar-refractivity contribution < 1.29 is 17.9 Å². The highest BCUT2D eigenvalue weighted by molar-refractivity contribution is 7.93. The van der Waals surface area contributed by atoms with Crippen molar-refractivity contribution in [3.63, 3.8) is 0 Å². The molecule has 0 saturated heterocycles. The Balaban J connectivity index is 2.24. The van der Waals surface area contributed by atoms with Crippen molar-refractivity contribution in [2.75, 3.05) is 18.5 Å². The molecule has 2 aromatic heterocycles. The molecule has 0 aliphatic carbocycles. The molecule has 0 fully saturated rings. The van der Waals surface area contributed by atoms with Gasteiger partial charge in [0.2, 0.25) is 0 Å².